The lowest BCUT2D eigenvalue weighted by Crippen LogP contribution is -2.05. The van der Waals surface area contributed by atoms with Crippen LogP contribution in [-0.4, -0.2) is 16.7 Å². The molecule has 1 N–H and O–H groups in total. The van der Waals surface area contributed by atoms with E-state index in [2.05, 4.69) is 9.72 Å². The van der Waals surface area contributed by atoms with Crippen molar-refractivity contribution in [3.8, 4) is 17.0 Å². The molecule has 0 saturated carbocycles. The van der Waals surface area contributed by atoms with E-state index < -0.39 is 13.2 Å². The summed E-state index contributed by atoms with van der Waals surface area (Å²) in [4.78, 5) is 3.87. The summed E-state index contributed by atoms with van der Waals surface area (Å²) >= 11 is 5.84. The van der Waals surface area contributed by atoms with Gasteiger partial charge in [-0.05, 0) is 24.3 Å². The summed E-state index contributed by atoms with van der Waals surface area (Å²) in [5.74, 6) is -0.236. The minimum Gasteiger partial charge on any atom is -0.432 e. The van der Waals surface area contributed by atoms with E-state index in [0.717, 1.165) is 12.1 Å². The number of aromatic nitrogens is 1. The van der Waals surface area contributed by atoms with Crippen molar-refractivity contribution < 1.29 is 21.4 Å². The van der Waals surface area contributed by atoms with Gasteiger partial charge in [0.2, 0.25) is 0 Å². The van der Waals surface area contributed by atoms with Crippen LogP contribution >= 0.6 is 11.6 Å². The molecule has 19 heavy (non-hydrogen) atoms. The summed E-state index contributed by atoms with van der Waals surface area (Å²) in [5.41, 5.74) is 0.0107. The third kappa shape index (κ3) is 3.39. The number of hydrogen-bond acceptors (Lipinski definition) is 3. The molecule has 0 fully saturated rings. The number of pyridine rings is 1. The summed E-state index contributed by atoms with van der Waals surface area (Å²) < 4.78 is 43.7. The maximum Gasteiger partial charge on any atom is 0.387 e. The van der Waals surface area contributed by atoms with Gasteiger partial charge in [0.1, 0.15) is 5.69 Å². The van der Waals surface area contributed by atoms with Crippen molar-refractivity contribution in [3.63, 3.8) is 0 Å². The Balaban J connectivity index is 2.58. The van der Waals surface area contributed by atoms with Crippen LogP contribution in [0.1, 0.15) is 8.44 Å². The zero-order valence-corrected chi connectivity index (χ0v) is 10.2. The molecule has 1 aromatic heterocycles. The first-order valence-electron chi connectivity index (χ1n) is 6.22. The molecule has 0 aliphatic rings. The van der Waals surface area contributed by atoms with Crippen LogP contribution in [0.4, 0.5) is 8.78 Å². The Hall–Kier alpha value is -1.72. The van der Waals surface area contributed by atoms with Crippen LogP contribution in [0.15, 0.2) is 36.4 Å². The minimum atomic E-state index is -3.05. The summed E-state index contributed by atoms with van der Waals surface area (Å²) in [5, 5.41) is 9.70. The molecular formula is C13H10ClF2NO2. The highest BCUT2D eigenvalue weighted by molar-refractivity contribution is 6.30. The molecule has 100 valence electrons. The van der Waals surface area contributed by atoms with Gasteiger partial charge >= 0.3 is 6.61 Å². The number of rotatable bonds is 4. The average Bonchev–Trinajstić information content (AvgIpc) is 2.37. The zero-order valence-electron chi connectivity index (χ0n) is 11.5. The third-order valence-electron chi connectivity index (χ3n) is 2.29. The van der Waals surface area contributed by atoms with Gasteiger partial charge in [0.15, 0.2) is 5.75 Å². The number of aliphatic hydroxyl groups is 1. The second-order valence-corrected chi connectivity index (χ2v) is 3.98. The second-order valence-electron chi connectivity index (χ2n) is 3.54. The summed E-state index contributed by atoms with van der Waals surface area (Å²) in [6.45, 7) is -5.75. The molecule has 0 aliphatic heterocycles. The van der Waals surface area contributed by atoms with E-state index in [4.69, 9.17) is 14.3 Å². The number of halogens is 3. The van der Waals surface area contributed by atoms with E-state index in [0.29, 0.717) is 10.6 Å². The van der Waals surface area contributed by atoms with Crippen molar-refractivity contribution in [2.24, 2.45) is 0 Å². The number of benzene rings is 1. The highest BCUT2D eigenvalue weighted by Crippen LogP contribution is 2.31. The van der Waals surface area contributed by atoms with Crippen molar-refractivity contribution in [2.45, 2.75) is 13.2 Å². The normalized spacial score (nSPS) is 13.1. The standard InChI is InChI=1S/C13H10ClF2NO2/c14-9-3-1-2-8(6-9)12-11(19-13(15)16)5-4-10(7-18)17-12/h1-6,13,18H,7H2/i7D2. The molecule has 0 bridgehead atoms. The smallest absolute Gasteiger partial charge is 0.387 e. The molecule has 0 aliphatic carbocycles. The third-order valence-corrected chi connectivity index (χ3v) is 2.52. The van der Waals surface area contributed by atoms with Crippen LogP contribution in [0, 0.1) is 0 Å². The van der Waals surface area contributed by atoms with Gasteiger partial charge in [-0.1, -0.05) is 23.7 Å². The van der Waals surface area contributed by atoms with Gasteiger partial charge in [-0.15, -0.1) is 0 Å². The van der Waals surface area contributed by atoms with E-state index in [9.17, 15) is 13.9 Å². The Morgan fingerprint density at radius 2 is 2.16 bits per heavy atom. The van der Waals surface area contributed by atoms with Gasteiger partial charge in [0.25, 0.3) is 0 Å². The van der Waals surface area contributed by atoms with Gasteiger partial charge < -0.3 is 9.84 Å². The Morgan fingerprint density at radius 1 is 1.37 bits per heavy atom. The van der Waals surface area contributed by atoms with Crippen LogP contribution < -0.4 is 4.74 Å². The topological polar surface area (TPSA) is 42.4 Å². The van der Waals surface area contributed by atoms with E-state index in [1.165, 1.54) is 6.07 Å². The molecule has 0 unspecified atom stereocenters. The van der Waals surface area contributed by atoms with E-state index in [1.54, 1.807) is 18.2 Å². The lowest BCUT2D eigenvalue weighted by molar-refractivity contribution is -0.0496. The van der Waals surface area contributed by atoms with Crippen molar-refractivity contribution in [1.82, 2.24) is 4.98 Å². The minimum absolute atomic E-state index is 0.0341. The highest BCUT2D eigenvalue weighted by atomic mass is 35.5. The molecule has 3 nitrogen and oxygen atoms in total. The number of nitrogens with zero attached hydrogens (tertiary/aromatic N) is 1. The lowest BCUT2D eigenvalue weighted by Gasteiger charge is -2.11. The summed E-state index contributed by atoms with van der Waals surface area (Å²) in [6, 6.07) is 8.41. The van der Waals surface area contributed by atoms with Gasteiger partial charge in [-0.25, -0.2) is 4.98 Å². The predicted molar refractivity (Wildman–Crippen MR) is 67.2 cm³/mol. The van der Waals surface area contributed by atoms with Crippen LogP contribution in [0.25, 0.3) is 11.3 Å². The maximum absolute atomic E-state index is 12.4. The fraction of sp³-hybridized carbons (Fsp3) is 0.154. The number of ether oxygens (including phenoxy) is 1. The Labute approximate surface area is 116 Å². The summed E-state index contributed by atoms with van der Waals surface area (Å²) in [6.07, 6.45) is 0. The first-order chi connectivity index (χ1) is 9.77. The number of alkyl halides is 2. The Kier molecular flexibility index (Phi) is 3.49. The van der Waals surface area contributed by atoms with Crippen LogP contribution in [0.2, 0.25) is 5.02 Å². The fourth-order valence-corrected chi connectivity index (χ4v) is 1.73. The van der Waals surface area contributed by atoms with Crippen LogP contribution in [0.3, 0.4) is 0 Å². The molecular weight excluding hydrogens is 276 g/mol. The van der Waals surface area contributed by atoms with Crippen LogP contribution in [0.5, 0.6) is 5.75 Å². The molecule has 0 radical (unpaired) electrons. The molecule has 2 aromatic rings. The average molecular weight is 288 g/mol. The summed E-state index contributed by atoms with van der Waals surface area (Å²) in [7, 11) is 0. The van der Waals surface area contributed by atoms with E-state index in [-0.39, 0.29) is 17.1 Å². The fourth-order valence-electron chi connectivity index (χ4n) is 1.54. The molecule has 0 saturated heterocycles. The van der Waals surface area contributed by atoms with Crippen molar-refractivity contribution in [3.05, 3.63) is 47.1 Å². The van der Waals surface area contributed by atoms with E-state index in [1.807, 2.05) is 0 Å². The Bertz CT molecular complexity index is 650. The first kappa shape index (κ1) is 11.1. The molecule has 0 amide bonds. The maximum atomic E-state index is 12.4. The molecule has 2 rings (SSSR count). The molecule has 0 spiro atoms. The van der Waals surface area contributed by atoms with Crippen molar-refractivity contribution in [1.29, 1.82) is 0 Å². The zero-order chi connectivity index (χ0) is 15.6. The molecule has 1 aromatic carbocycles. The monoisotopic (exact) mass is 287 g/mol. The lowest BCUT2D eigenvalue weighted by atomic mass is 10.1. The van der Waals surface area contributed by atoms with Gasteiger partial charge in [-0.2, -0.15) is 8.78 Å². The molecule has 0 atom stereocenters. The van der Waals surface area contributed by atoms with Crippen LogP contribution in [-0.2, 0) is 6.56 Å². The van der Waals surface area contributed by atoms with Gasteiger partial charge in [-0.3, -0.25) is 0 Å². The number of hydrogen-bond donors (Lipinski definition) is 1. The SMILES string of the molecule is [2H]C([2H])(O)c1ccc(OC(F)F)c(-c2cccc(Cl)c2)n1. The largest absolute Gasteiger partial charge is 0.432 e. The van der Waals surface area contributed by atoms with Crippen molar-refractivity contribution in [2.75, 3.05) is 0 Å². The molecule has 6 heteroatoms. The van der Waals surface area contributed by atoms with Gasteiger partial charge in [0.05, 0.1) is 15.0 Å². The first-order valence-corrected chi connectivity index (χ1v) is 5.60. The van der Waals surface area contributed by atoms with Crippen molar-refractivity contribution >= 4 is 11.6 Å². The molecule has 1 heterocycles. The Morgan fingerprint density at radius 3 is 2.79 bits per heavy atom. The highest BCUT2D eigenvalue weighted by Gasteiger charge is 2.13. The quantitative estimate of drug-likeness (QED) is 0.936. The van der Waals surface area contributed by atoms with Gasteiger partial charge in [0, 0.05) is 10.6 Å². The predicted octanol–water partition coefficient (Wildman–Crippen LogP) is 3.50. The second kappa shape index (κ2) is 5.95. The van der Waals surface area contributed by atoms with E-state index >= 15 is 0 Å².